The van der Waals surface area contributed by atoms with Crippen LogP contribution in [-0.2, 0) is 35.8 Å². The van der Waals surface area contributed by atoms with Gasteiger partial charge in [0.25, 0.3) is 5.89 Å². The zero-order chi connectivity index (χ0) is 23.2. The lowest BCUT2D eigenvalue weighted by Crippen LogP contribution is -2.37. The van der Waals surface area contributed by atoms with E-state index in [1.165, 1.54) is 4.31 Å². The van der Waals surface area contributed by atoms with Crippen molar-refractivity contribution in [1.29, 1.82) is 0 Å². The number of sulfonamides is 1. The van der Waals surface area contributed by atoms with E-state index in [2.05, 4.69) is 15.3 Å². The van der Waals surface area contributed by atoms with Gasteiger partial charge in [0.1, 0.15) is 0 Å². The second-order valence-electron chi connectivity index (χ2n) is 8.11. The monoisotopic (exact) mass is 483 g/mol. The summed E-state index contributed by atoms with van der Waals surface area (Å²) in [6, 6.07) is 14.8. The van der Waals surface area contributed by atoms with Crippen LogP contribution in [0.5, 0.6) is 0 Å². The molecule has 0 aliphatic carbocycles. The van der Waals surface area contributed by atoms with Crippen molar-refractivity contribution in [3.63, 3.8) is 0 Å². The van der Waals surface area contributed by atoms with E-state index >= 15 is 0 Å². The molecule has 0 fully saturated rings. The topological polar surface area (TPSA) is 94.1 Å². The van der Waals surface area contributed by atoms with Crippen LogP contribution in [0, 0.1) is 6.92 Å². The lowest BCUT2D eigenvalue weighted by Gasteiger charge is -2.27. The Hall–Kier alpha value is -3.01. The Morgan fingerprint density at radius 2 is 1.79 bits per heavy atom. The molecular weight excluding hydrogens is 462 g/mol. The molecule has 1 aliphatic rings. The van der Waals surface area contributed by atoms with Crippen LogP contribution in [-0.4, -0.2) is 39.2 Å². The summed E-state index contributed by atoms with van der Waals surface area (Å²) in [5.74, 6) is 0.506. The molecule has 33 heavy (non-hydrogen) atoms. The molecule has 0 bridgehead atoms. The smallest absolute Gasteiger partial charge is 0.268 e. The van der Waals surface area contributed by atoms with E-state index in [1.54, 1.807) is 28.9 Å². The first-order valence-electron chi connectivity index (χ1n) is 10.5. The molecule has 4 aromatic rings. The van der Waals surface area contributed by atoms with E-state index in [-0.39, 0.29) is 18.2 Å². The summed E-state index contributed by atoms with van der Waals surface area (Å²) in [6.45, 7) is 2.57. The molecule has 2 aromatic heterocycles. The molecule has 0 N–H and O–H groups in total. The number of hydrogen-bond acceptors (Lipinski definition) is 6. The van der Waals surface area contributed by atoms with Crippen molar-refractivity contribution in [3.8, 4) is 23.0 Å². The van der Waals surface area contributed by atoms with Gasteiger partial charge in [-0.15, -0.1) is 10.2 Å². The summed E-state index contributed by atoms with van der Waals surface area (Å²) in [5.41, 5.74) is 4.78. The number of nitrogens with zero attached hydrogens (tertiary/aromatic N) is 5. The highest BCUT2D eigenvalue weighted by atomic mass is 35.5. The average Bonchev–Trinajstić information content (AvgIpc) is 3.40. The van der Waals surface area contributed by atoms with Gasteiger partial charge in [0, 0.05) is 48.4 Å². The van der Waals surface area contributed by atoms with Crippen LogP contribution in [0.2, 0.25) is 5.02 Å². The molecule has 0 amide bonds. The van der Waals surface area contributed by atoms with Crippen molar-refractivity contribution >= 4 is 21.6 Å². The minimum Gasteiger partial charge on any atom is -0.415 e. The second kappa shape index (κ2) is 8.40. The van der Waals surface area contributed by atoms with Crippen LogP contribution >= 0.6 is 11.6 Å². The normalized spacial score (nSPS) is 14.4. The van der Waals surface area contributed by atoms with E-state index in [4.69, 9.17) is 16.0 Å². The Labute approximate surface area is 196 Å². The number of benzene rings is 2. The van der Waals surface area contributed by atoms with Crippen molar-refractivity contribution in [2.45, 2.75) is 25.6 Å². The molecule has 3 heterocycles. The largest absolute Gasteiger partial charge is 0.415 e. The van der Waals surface area contributed by atoms with Gasteiger partial charge < -0.3 is 4.42 Å². The van der Waals surface area contributed by atoms with Gasteiger partial charge >= 0.3 is 0 Å². The maximum atomic E-state index is 13.2. The van der Waals surface area contributed by atoms with Gasteiger partial charge in [-0.25, -0.2) is 8.42 Å². The van der Waals surface area contributed by atoms with Crippen molar-refractivity contribution in [1.82, 2.24) is 24.3 Å². The predicted molar refractivity (Wildman–Crippen MR) is 125 cm³/mol. The Morgan fingerprint density at radius 3 is 2.55 bits per heavy atom. The van der Waals surface area contributed by atoms with Gasteiger partial charge in [-0.05, 0) is 30.7 Å². The maximum absolute atomic E-state index is 13.2. The van der Waals surface area contributed by atoms with Crippen LogP contribution in [0.15, 0.2) is 52.9 Å². The van der Waals surface area contributed by atoms with Gasteiger partial charge in [-0.3, -0.25) is 4.68 Å². The molecular formula is C23H22ClN5O3S. The minimum absolute atomic E-state index is 0.157. The zero-order valence-electron chi connectivity index (χ0n) is 18.2. The summed E-state index contributed by atoms with van der Waals surface area (Å²) >= 11 is 6.20. The summed E-state index contributed by atoms with van der Waals surface area (Å²) in [6.07, 6.45) is 0.541. The Kier molecular flexibility index (Phi) is 5.55. The lowest BCUT2D eigenvalue weighted by molar-refractivity contribution is 0.385. The number of hydrogen-bond donors (Lipinski definition) is 0. The number of fused-ring (bicyclic) bond motifs is 1. The number of aromatic nitrogens is 4. The highest BCUT2D eigenvalue weighted by Crippen LogP contribution is 2.32. The Balaban J connectivity index is 1.44. The van der Waals surface area contributed by atoms with Crippen LogP contribution in [0.4, 0.5) is 0 Å². The van der Waals surface area contributed by atoms with Gasteiger partial charge in [0.2, 0.25) is 15.9 Å². The van der Waals surface area contributed by atoms with Crippen molar-refractivity contribution in [3.05, 3.63) is 75.9 Å². The van der Waals surface area contributed by atoms with Crippen LogP contribution in [0.25, 0.3) is 23.0 Å². The van der Waals surface area contributed by atoms with Gasteiger partial charge in [0.15, 0.2) is 5.69 Å². The molecule has 1 aliphatic heterocycles. The molecule has 0 radical (unpaired) electrons. The third kappa shape index (κ3) is 4.19. The van der Waals surface area contributed by atoms with E-state index < -0.39 is 10.0 Å². The third-order valence-corrected chi connectivity index (χ3v) is 7.97. The maximum Gasteiger partial charge on any atom is 0.268 e. The summed E-state index contributed by atoms with van der Waals surface area (Å²) in [4.78, 5) is 0. The van der Waals surface area contributed by atoms with Gasteiger partial charge in [0.05, 0.1) is 5.75 Å². The molecule has 10 heteroatoms. The molecule has 0 spiro atoms. The highest BCUT2D eigenvalue weighted by molar-refractivity contribution is 7.88. The fraction of sp³-hybridized carbons (Fsp3) is 0.261. The summed E-state index contributed by atoms with van der Waals surface area (Å²) in [7, 11) is -1.75. The van der Waals surface area contributed by atoms with Gasteiger partial charge in [-0.1, -0.05) is 47.5 Å². The fourth-order valence-electron chi connectivity index (χ4n) is 4.01. The SMILES string of the molecule is Cc1ccc(-c2nnc(-c3nn(C)c4c3CN(S(=O)(=O)Cc3ccccc3Cl)CC4)o2)cc1. The van der Waals surface area contributed by atoms with E-state index in [9.17, 15) is 8.42 Å². The molecule has 0 unspecified atom stereocenters. The second-order valence-corrected chi connectivity index (χ2v) is 10.5. The van der Waals surface area contributed by atoms with Crippen LogP contribution in [0.1, 0.15) is 22.4 Å². The van der Waals surface area contributed by atoms with Crippen LogP contribution in [0.3, 0.4) is 0 Å². The first kappa shape index (κ1) is 21.8. The van der Waals surface area contributed by atoms with E-state index in [0.717, 1.165) is 22.4 Å². The molecule has 0 saturated carbocycles. The molecule has 170 valence electrons. The average molecular weight is 484 g/mol. The fourth-order valence-corrected chi connectivity index (χ4v) is 5.82. The predicted octanol–water partition coefficient (Wildman–Crippen LogP) is 3.99. The summed E-state index contributed by atoms with van der Waals surface area (Å²) in [5, 5.41) is 13.4. The van der Waals surface area contributed by atoms with E-state index in [1.807, 2.05) is 38.2 Å². The summed E-state index contributed by atoms with van der Waals surface area (Å²) < 4.78 is 35.5. The number of rotatable bonds is 5. The van der Waals surface area contributed by atoms with Crippen molar-refractivity contribution < 1.29 is 12.8 Å². The first-order valence-corrected chi connectivity index (χ1v) is 12.5. The zero-order valence-corrected chi connectivity index (χ0v) is 19.8. The highest BCUT2D eigenvalue weighted by Gasteiger charge is 2.33. The molecule has 8 nitrogen and oxygen atoms in total. The molecule has 0 saturated heterocycles. The first-order chi connectivity index (χ1) is 15.8. The van der Waals surface area contributed by atoms with Gasteiger partial charge in [-0.2, -0.15) is 9.40 Å². The van der Waals surface area contributed by atoms with Crippen molar-refractivity contribution in [2.24, 2.45) is 7.05 Å². The minimum atomic E-state index is -3.59. The lowest BCUT2D eigenvalue weighted by atomic mass is 10.1. The molecule has 0 atom stereocenters. The molecule has 2 aromatic carbocycles. The number of halogens is 1. The Morgan fingerprint density at radius 1 is 1.06 bits per heavy atom. The number of aryl methyl sites for hydroxylation is 2. The third-order valence-electron chi connectivity index (χ3n) is 5.82. The van der Waals surface area contributed by atoms with E-state index in [0.29, 0.717) is 35.1 Å². The molecule has 5 rings (SSSR count). The Bertz CT molecular complexity index is 1430. The quantitative estimate of drug-likeness (QED) is 0.426. The van der Waals surface area contributed by atoms with Crippen molar-refractivity contribution in [2.75, 3.05) is 6.54 Å². The standard InChI is InChI=1S/C23H22ClN5O3S/c1-15-7-9-16(10-8-15)22-25-26-23(32-22)21-18-13-29(12-11-20(18)28(2)27-21)33(30,31)14-17-5-3-4-6-19(17)24/h3-10H,11-14H2,1-2H3. The van der Waals surface area contributed by atoms with Crippen LogP contribution < -0.4 is 0 Å².